The summed E-state index contributed by atoms with van der Waals surface area (Å²) in [5.41, 5.74) is -0.457. The van der Waals surface area contributed by atoms with Crippen LogP contribution < -0.4 is 0 Å². The summed E-state index contributed by atoms with van der Waals surface area (Å²) in [6.07, 6.45) is 0.605. The van der Waals surface area contributed by atoms with E-state index in [1.807, 2.05) is 27.8 Å². The van der Waals surface area contributed by atoms with Gasteiger partial charge in [0.05, 0.1) is 0 Å². The molecule has 0 aromatic carbocycles. The van der Waals surface area contributed by atoms with Gasteiger partial charge in [-0.1, -0.05) is 0 Å². The fourth-order valence-corrected chi connectivity index (χ4v) is 2.05. The second-order valence-electron chi connectivity index (χ2n) is 5.57. The van der Waals surface area contributed by atoms with Gasteiger partial charge in [0.25, 0.3) is 0 Å². The van der Waals surface area contributed by atoms with Gasteiger partial charge in [-0.25, -0.2) is 9.48 Å². The Kier molecular flexibility index (Phi) is 3.23. The zero-order valence-corrected chi connectivity index (χ0v) is 11.3. The van der Waals surface area contributed by atoms with Gasteiger partial charge in [-0.2, -0.15) is 0 Å². The number of nitrogens with zero attached hydrogens (tertiary/aromatic N) is 5. The molecule has 1 aromatic rings. The average molecular weight is 253 g/mol. The molecule has 100 valence electrons. The maximum atomic E-state index is 11.9. The molecule has 1 saturated heterocycles. The lowest BCUT2D eigenvalue weighted by atomic mass is 10.1. The maximum Gasteiger partial charge on any atom is 0.410 e. The Bertz CT molecular complexity index is 437. The molecule has 1 atom stereocenters. The lowest BCUT2D eigenvalue weighted by Gasteiger charge is -2.24. The minimum absolute atomic E-state index is 0.192. The van der Waals surface area contributed by atoms with E-state index in [1.165, 1.54) is 0 Å². The van der Waals surface area contributed by atoms with Gasteiger partial charge in [-0.05, 0) is 37.6 Å². The Morgan fingerprint density at radius 2 is 2.17 bits per heavy atom. The molecule has 0 bridgehead atoms. The molecule has 1 amide bonds. The van der Waals surface area contributed by atoms with Crippen LogP contribution in [-0.2, 0) is 11.8 Å². The Balaban J connectivity index is 1.97. The summed E-state index contributed by atoms with van der Waals surface area (Å²) in [5, 5.41) is 11.4. The number of carbonyl (C=O) groups excluding carboxylic acids is 1. The predicted octanol–water partition coefficient (Wildman–Crippen LogP) is 0.934. The van der Waals surface area contributed by atoms with E-state index in [0.29, 0.717) is 13.1 Å². The first kappa shape index (κ1) is 12.8. The Hall–Kier alpha value is -1.66. The quantitative estimate of drug-likeness (QED) is 0.744. The van der Waals surface area contributed by atoms with Gasteiger partial charge in [0.15, 0.2) is 5.82 Å². The van der Waals surface area contributed by atoms with Crippen molar-refractivity contribution >= 4 is 6.09 Å². The number of aryl methyl sites for hydroxylation is 1. The smallest absolute Gasteiger partial charge is 0.410 e. The van der Waals surface area contributed by atoms with Crippen LogP contribution in [0.4, 0.5) is 4.79 Å². The van der Waals surface area contributed by atoms with E-state index in [2.05, 4.69) is 15.5 Å². The van der Waals surface area contributed by atoms with Gasteiger partial charge in [0, 0.05) is 26.1 Å². The highest BCUT2D eigenvalue weighted by Gasteiger charge is 2.32. The van der Waals surface area contributed by atoms with Crippen LogP contribution in [0.3, 0.4) is 0 Å². The van der Waals surface area contributed by atoms with E-state index in [4.69, 9.17) is 4.74 Å². The highest BCUT2D eigenvalue weighted by molar-refractivity contribution is 5.68. The molecule has 1 aliphatic rings. The number of ether oxygens (including phenoxy) is 1. The summed E-state index contributed by atoms with van der Waals surface area (Å²) in [5.74, 6) is 1.01. The number of carbonyl (C=O) groups is 1. The molecule has 1 unspecified atom stereocenters. The van der Waals surface area contributed by atoms with Crippen molar-refractivity contribution in [3.8, 4) is 0 Å². The number of amides is 1. The first-order chi connectivity index (χ1) is 8.37. The van der Waals surface area contributed by atoms with Crippen molar-refractivity contribution in [1.82, 2.24) is 25.1 Å². The van der Waals surface area contributed by atoms with Gasteiger partial charge in [-0.3, -0.25) is 0 Å². The van der Waals surface area contributed by atoms with Crippen molar-refractivity contribution < 1.29 is 9.53 Å². The third-order valence-electron chi connectivity index (χ3n) is 2.86. The van der Waals surface area contributed by atoms with Crippen LogP contribution in [0.25, 0.3) is 0 Å². The summed E-state index contributed by atoms with van der Waals surface area (Å²) in [6.45, 7) is 6.90. The van der Waals surface area contributed by atoms with E-state index in [-0.39, 0.29) is 12.0 Å². The molecule has 1 aromatic heterocycles. The maximum absolute atomic E-state index is 11.9. The van der Waals surface area contributed by atoms with Crippen molar-refractivity contribution in [2.75, 3.05) is 13.1 Å². The lowest BCUT2D eigenvalue weighted by molar-refractivity contribution is 0.0292. The lowest BCUT2D eigenvalue weighted by Crippen LogP contribution is -2.35. The normalized spacial score (nSPS) is 20.2. The highest BCUT2D eigenvalue weighted by atomic mass is 16.6. The Labute approximate surface area is 106 Å². The SMILES string of the molecule is Cn1nnnc1C1CCN(C(=O)OC(C)(C)C)C1. The third kappa shape index (κ3) is 2.77. The number of likely N-dealkylation sites (tertiary alicyclic amines) is 1. The molecule has 18 heavy (non-hydrogen) atoms. The van der Waals surface area contributed by atoms with Gasteiger partial charge >= 0.3 is 6.09 Å². The largest absolute Gasteiger partial charge is 0.444 e. The molecule has 1 aliphatic heterocycles. The molecule has 2 rings (SSSR count). The first-order valence-electron chi connectivity index (χ1n) is 6.07. The molecule has 7 heteroatoms. The predicted molar refractivity (Wildman–Crippen MR) is 64.0 cm³/mol. The first-order valence-corrected chi connectivity index (χ1v) is 6.07. The van der Waals surface area contributed by atoms with Crippen molar-refractivity contribution in [3.63, 3.8) is 0 Å². The highest BCUT2D eigenvalue weighted by Crippen LogP contribution is 2.26. The van der Waals surface area contributed by atoms with Crippen LogP contribution >= 0.6 is 0 Å². The van der Waals surface area contributed by atoms with Crippen LogP contribution in [0.2, 0.25) is 0 Å². The van der Waals surface area contributed by atoms with Crippen LogP contribution in [0.1, 0.15) is 38.9 Å². The van der Waals surface area contributed by atoms with E-state index in [1.54, 1.807) is 9.58 Å². The van der Waals surface area contributed by atoms with Crippen molar-refractivity contribution in [3.05, 3.63) is 5.82 Å². The van der Waals surface area contributed by atoms with Crippen LogP contribution in [0.15, 0.2) is 0 Å². The van der Waals surface area contributed by atoms with Crippen molar-refractivity contribution in [2.45, 2.75) is 38.7 Å². The molecule has 7 nitrogen and oxygen atoms in total. The fraction of sp³-hybridized carbons (Fsp3) is 0.818. The Morgan fingerprint density at radius 1 is 1.44 bits per heavy atom. The number of hydrogen-bond acceptors (Lipinski definition) is 5. The molecule has 0 spiro atoms. The summed E-state index contributed by atoms with van der Waals surface area (Å²) >= 11 is 0. The molecule has 0 N–H and O–H groups in total. The van der Waals surface area contributed by atoms with Crippen LogP contribution in [0, 0.1) is 0 Å². The summed E-state index contributed by atoms with van der Waals surface area (Å²) in [7, 11) is 1.81. The standard InChI is InChI=1S/C11H19N5O2/c1-11(2,3)18-10(17)16-6-5-8(7-16)9-12-13-14-15(9)4/h8H,5-7H2,1-4H3. The zero-order chi connectivity index (χ0) is 13.3. The summed E-state index contributed by atoms with van der Waals surface area (Å²) < 4.78 is 7.00. The number of rotatable bonds is 1. The van der Waals surface area contributed by atoms with E-state index >= 15 is 0 Å². The van der Waals surface area contributed by atoms with E-state index < -0.39 is 5.60 Å². The van der Waals surface area contributed by atoms with Gasteiger partial charge in [0.1, 0.15) is 5.60 Å². The fourth-order valence-electron chi connectivity index (χ4n) is 2.05. The number of tetrazole rings is 1. The van der Waals surface area contributed by atoms with Gasteiger partial charge in [-0.15, -0.1) is 5.10 Å². The van der Waals surface area contributed by atoms with E-state index in [0.717, 1.165) is 12.2 Å². The van der Waals surface area contributed by atoms with Gasteiger partial charge in [0.2, 0.25) is 0 Å². The average Bonchev–Trinajstić information content (AvgIpc) is 2.82. The second-order valence-corrected chi connectivity index (χ2v) is 5.57. The zero-order valence-electron chi connectivity index (χ0n) is 11.3. The number of hydrogen-bond donors (Lipinski definition) is 0. The van der Waals surface area contributed by atoms with Crippen LogP contribution in [-0.4, -0.2) is 49.9 Å². The van der Waals surface area contributed by atoms with Gasteiger partial charge < -0.3 is 9.64 Å². The molecular formula is C11H19N5O2. The molecular weight excluding hydrogens is 234 g/mol. The molecule has 2 heterocycles. The van der Waals surface area contributed by atoms with Crippen LogP contribution in [0.5, 0.6) is 0 Å². The minimum atomic E-state index is -0.457. The molecule has 0 saturated carbocycles. The Morgan fingerprint density at radius 3 is 2.72 bits per heavy atom. The number of aromatic nitrogens is 4. The second kappa shape index (κ2) is 4.55. The van der Waals surface area contributed by atoms with Crippen molar-refractivity contribution in [1.29, 1.82) is 0 Å². The topological polar surface area (TPSA) is 73.1 Å². The minimum Gasteiger partial charge on any atom is -0.444 e. The van der Waals surface area contributed by atoms with E-state index in [9.17, 15) is 4.79 Å². The summed E-state index contributed by atoms with van der Waals surface area (Å²) in [4.78, 5) is 13.6. The molecule has 0 radical (unpaired) electrons. The molecule has 1 fully saturated rings. The third-order valence-corrected chi connectivity index (χ3v) is 2.86. The van der Waals surface area contributed by atoms with Crippen molar-refractivity contribution in [2.24, 2.45) is 7.05 Å². The molecule has 0 aliphatic carbocycles. The summed E-state index contributed by atoms with van der Waals surface area (Å²) in [6, 6.07) is 0. The monoisotopic (exact) mass is 253 g/mol.